The van der Waals surface area contributed by atoms with Crippen LogP contribution in [0.25, 0.3) is 0 Å². The van der Waals surface area contributed by atoms with E-state index in [4.69, 9.17) is 4.74 Å². The minimum absolute atomic E-state index is 0.00645. The van der Waals surface area contributed by atoms with E-state index in [-0.39, 0.29) is 5.60 Å². The molecule has 0 saturated heterocycles. The molecular formula is C16H33NO. The largest absolute Gasteiger partial charge is 0.376 e. The summed E-state index contributed by atoms with van der Waals surface area (Å²) in [5.41, 5.74) is 0.00645. The highest BCUT2D eigenvalue weighted by Crippen LogP contribution is 2.33. The molecule has 1 saturated carbocycles. The molecule has 3 unspecified atom stereocenters. The van der Waals surface area contributed by atoms with Crippen molar-refractivity contribution in [2.75, 3.05) is 13.2 Å². The van der Waals surface area contributed by atoms with E-state index in [1.807, 2.05) is 0 Å². The number of nitrogens with one attached hydrogen (secondary N) is 1. The predicted octanol–water partition coefficient (Wildman–Crippen LogP) is 4.00. The third kappa shape index (κ3) is 5.71. The highest BCUT2D eigenvalue weighted by atomic mass is 16.5. The van der Waals surface area contributed by atoms with Gasteiger partial charge in [0, 0.05) is 12.6 Å². The molecule has 108 valence electrons. The van der Waals surface area contributed by atoms with Gasteiger partial charge in [-0.1, -0.05) is 20.3 Å². The maximum atomic E-state index is 5.90. The molecule has 1 aliphatic rings. The lowest BCUT2D eigenvalue weighted by atomic mass is 9.75. The first kappa shape index (κ1) is 16.0. The normalized spacial score (nSPS) is 29.5. The van der Waals surface area contributed by atoms with Crippen molar-refractivity contribution < 1.29 is 4.74 Å². The molecule has 0 aromatic rings. The molecule has 0 radical (unpaired) electrons. The van der Waals surface area contributed by atoms with Crippen LogP contribution in [-0.2, 0) is 4.74 Å². The molecule has 0 aromatic heterocycles. The van der Waals surface area contributed by atoms with E-state index in [0.29, 0.717) is 0 Å². The van der Waals surface area contributed by atoms with E-state index >= 15 is 0 Å². The molecule has 1 rings (SSSR count). The minimum Gasteiger partial charge on any atom is -0.376 e. The lowest BCUT2D eigenvalue weighted by Crippen LogP contribution is -2.41. The number of rotatable bonds is 6. The Bertz CT molecular complexity index is 222. The summed E-state index contributed by atoms with van der Waals surface area (Å²) in [5.74, 6) is 1.76. The van der Waals surface area contributed by atoms with Crippen LogP contribution >= 0.6 is 0 Å². The van der Waals surface area contributed by atoms with Gasteiger partial charge in [-0.05, 0) is 64.8 Å². The van der Waals surface area contributed by atoms with Crippen LogP contribution in [0.2, 0.25) is 0 Å². The predicted molar refractivity (Wildman–Crippen MR) is 78.9 cm³/mol. The zero-order valence-corrected chi connectivity index (χ0v) is 13.1. The highest BCUT2D eigenvalue weighted by Gasteiger charge is 2.29. The van der Waals surface area contributed by atoms with Crippen molar-refractivity contribution in [2.45, 2.75) is 78.4 Å². The second kappa shape index (κ2) is 7.49. The van der Waals surface area contributed by atoms with Crippen molar-refractivity contribution in [3.63, 3.8) is 0 Å². The van der Waals surface area contributed by atoms with E-state index in [9.17, 15) is 0 Å². The average molecular weight is 255 g/mol. The van der Waals surface area contributed by atoms with Crippen molar-refractivity contribution in [3.05, 3.63) is 0 Å². The second-order valence-electron chi connectivity index (χ2n) is 6.76. The fourth-order valence-electron chi connectivity index (χ4n) is 3.10. The fourth-order valence-corrected chi connectivity index (χ4v) is 3.10. The molecule has 1 N–H and O–H groups in total. The Labute approximate surface area is 114 Å². The Morgan fingerprint density at radius 3 is 2.44 bits per heavy atom. The van der Waals surface area contributed by atoms with Crippen molar-refractivity contribution >= 4 is 0 Å². The highest BCUT2D eigenvalue weighted by molar-refractivity contribution is 4.84. The molecule has 1 fully saturated rings. The van der Waals surface area contributed by atoms with Crippen molar-refractivity contribution in [1.82, 2.24) is 5.32 Å². The lowest BCUT2D eigenvalue weighted by molar-refractivity contribution is -0.0146. The molecule has 18 heavy (non-hydrogen) atoms. The van der Waals surface area contributed by atoms with Crippen LogP contribution in [0, 0.1) is 11.8 Å². The van der Waals surface area contributed by atoms with Crippen LogP contribution in [0.1, 0.15) is 66.7 Å². The Hall–Kier alpha value is -0.0800. The summed E-state index contributed by atoms with van der Waals surface area (Å²) in [4.78, 5) is 0. The molecule has 0 aromatic carbocycles. The van der Waals surface area contributed by atoms with E-state index in [1.165, 1.54) is 32.1 Å². The quantitative estimate of drug-likeness (QED) is 0.774. The van der Waals surface area contributed by atoms with E-state index in [0.717, 1.165) is 31.0 Å². The molecule has 1 aliphatic carbocycles. The van der Waals surface area contributed by atoms with Gasteiger partial charge in [0.25, 0.3) is 0 Å². The number of ether oxygens (including phenoxy) is 1. The van der Waals surface area contributed by atoms with Crippen LogP contribution in [0.3, 0.4) is 0 Å². The van der Waals surface area contributed by atoms with Gasteiger partial charge in [0.1, 0.15) is 0 Å². The molecule has 0 aliphatic heterocycles. The lowest BCUT2D eigenvalue weighted by Gasteiger charge is -2.37. The van der Waals surface area contributed by atoms with Crippen molar-refractivity contribution in [3.8, 4) is 0 Å². The summed E-state index contributed by atoms with van der Waals surface area (Å²) in [7, 11) is 0. The molecule has 0 heterocycles. The van der Waals surface area contributed by atoms with Crippen LogP contribution in [0.4, 0.5) is 0 Å². The third-order valence-electron chi connectivity index (χ3n) is 4.16. The Morgan fingerprint density at radius 2 is 1.89 bits per heavy atom. The van der Waals surface area contributed by atoms with Crippen LogP contribution < -0.4 is 5.32 Å². The standard InChI is InChI=1S/C16H33NO/c1-6-13-8-9-15(17-7-2)14(12-13)10-11-18-16(3,4)5/h13-15,17H,6-12H2,1-5H3. The smallest absolute Gasteiger partial charge is 0.0598 e. The van der Waals surface area contributed by atoms with Gasteiger partial charge < -0.3 is 10.1 Å². The number of hydrogen-bond donors (Lipinski definition) is 1. The summed E-state index contributed by atoms with van der Waals surface area (Å²) < 4.78 is 5.90. The van der Waals surface area contributed by atoms with Gasteiger partial charge in [-0.3, -0.25) is 0 Å². The summed E-state index contributed by atoms with van der Waals surface area (Å²) in [5, 5.41) is 3.67. The van der Waals surface area contributed by atoms with E-state index in [1.54, 1.807) is 0 Å². The minimum atomic E-state index is 0.00645. The summed E-state index contributed by atoms with van der Waals surface area (Å²) in [6.45, 7) is 13.0. The van der Waals surface area contributed by atoms with Crippen LogP contribution in [-0.4, -0.2) is 24.8 Å². The average Bonchev–Trinajstić information content (AvgIpc) is 2.30. The van der Waals surface area contributed by atoms with E-state index in [2.05, 4.69) is 39.9 Å². The first-order chi connectivity index (χ1) is 8.46. The SMILES string of the molecule is CCNC1CCC(CC)CC1CCOC(C)(C)C. The molecule has 2 nitrogen and oxygen atoms in total. The zero-order chi connectivity index (χ0) is 13.6. The zero-order valence-electron chi connectivity index (χ0n) is 13.1. The maximum Gasteiger partial charge on any atom is 0.0598 e. The Morgan fingerprint density at radius 1 is 1.17 bits per heavy atom. The molecule has 2 heteroatoms. The molecular weight excluding hydrogens is 222 g/mol. The first-order valence-corrected chi connectivity index (χ1v) is 7.83. The Kier molecular flexibility index (Phi) is 6.65. The summed E-state index contributed by atoms with van der Waals surface area (Å²) in [6, 6.07) is 0.723. The van der Waals surface area contributed by atoms with Crippen molar-refractivity contribution in [1.29, 1.82) is 0 Å². The Balaban J connectivity index is 2.40. The fraction of sp³-hybridized carbons (Fsp3) is 1.00. The first-order valence-electron chi connectivity index (χ1n) is 7.83. The van der Waals surface area contributed by atoms with Gasteiger partial charge >= 0.3 is 0 Å². The van der Waals surface area contributed by atoms with Crippen LogP contribution in [0.15, 0.2) is 0 Å². The van der Waals surface area contributed by atoms with Gasteiger partial charge in [0.2, 0.25) is 0 Å². The van der Waals surface area contributed by atoms with Gasteiger partial charge in [0.15, 0.2) is 0 Å². The summed E-state index contributed by atoms with van der Waals surface area (Å²) in [6.07, 6.45) is 6.71. The molecule has 0 spiro atoms. The van der Waals surface area contributed by atoms with Crippen LogP contribution in [0.5, 0.6) is 0 Å². The third-order valence-corrected chi connectivity index (χ3v) is 4.16. The monoisotopic (exact) mass is 255 g/mol. The molecule has 0 amide bonds. The molecule has 3 atom stereocenters. The molecule has 0 bridgehead atoms. The van der Waals surface area contributed by atoms with Gasteiger partial charge in [-0.25, -0.2) is 0 Å². The van der Waals surface area contributed by atoms with Crippen molar-refractivity contribution in [2.24, 2.45) is 11.8 Å². The maximum absolute atomic E-state index is 5.90. The second-order valence-corrected chi connectivity index (χ2v) is 6.76. The topological polar surface area (TPSA) is 21.3 Å². The van der Waals surface area contributed by atoms with Gasteiger partial charge in [0.05, 0.1) is 5.60 Å². The van der Waals surface area contributed by atoms with Gasteiger partial charge in [-0.15, -0.1) is 0 Å². The summed E-state index contributed by atoms with van der Waals surface area (Å²) >= 11 is 0. The number of hydrogen-bond acceptors (Lipinski definition) is 2. The van der Waals surface area contributed by atoms with Gasteiger partial charge in [-0.2, -0.15) is 0 Å². The van der Waals surface area contributed by atoms with E-state index < -0.39 is 0 Å².